The standard InChI is InChI=1S/C15H16FN3O/c1-3-18-14(12-8-17-9-19(12)2)13-7-10-5-4-6-11(16)15(10)20-13/h4-9,14,18H,3H2,1-2H3. The minimum atomic E-state index is -0.339. The zero-order valence-electron chi connectivity index (χ0n) is 11.4. The van der Waals surface area contributed by atoms with Gasteiger partial charge in [0.15, 0.2) is 11.4 Å². The van der Waals surface area contributed by atoms with Crippen LogP contribution in [0, 0.1) is 5.82 Å². The summed E-state index contributed by atoms with van der Waals surface area (Å²) < 4.78 is 21.4. The molecule has 0 fully saturated rings. The quantitative estimate of drug-likeness (QED) is 0.794. The van der Waals surface area contributed by atoms with Gasteiger partial charge >= 0.3 is 0 Å². The van der Waals surface area contributed by atoms with Crippen molar-refractivity contribution in [2.24, 2.45) is 7.05 Å². The Labute approximate surface area is 116 Å². The van der Waals surface area contributed by atoms with Gasteiger partial charge in [-0.3, -0.25) is 0 Å². The molecule has 3 aromatic rings. The van der Waals surface area contributed by atoms with Gasteiger partial charge in [0.2, 0.25) is 0 Å². The van der Waals surface area contributed by atoms with Crippen molar-refractivity contribution in [1.29, 1.82) is 0 Å². The zero-order chi connectivity index (χ0) is 14.1. The smallest absolute Gasteiger partial charge is 0.169 e. The van der Waals surface area contributed by atoms with Crippen LogP contribution in [0.1, 0.15) is 24.4 Å². The predicted molar refractivity (Wildman–Crippen MR) is 74.9 cm³/mol. The summed E-state index contributed by atoms with van der Waals surface area (Å²) >= 11 is 0. The summed E-state index contributed by atoms with van der Waals surface area (Å²) in [5.74, 6) is 0.351. The molecule has 0 bridgehead atoms. The Hall–Kier alpha value is -2.14. The molecule has 4 nitrogen and oxygen atoms in total. The van der Waals surface area contributed by atoms with Crippen LogP contribution in [0.4, 0.5) is 4.39 Å². The van der Waals surface area contributed by atoms with Gasteiger partial charge in [0.05, 0.1) is 18.2 Å². The van der Waals surface area contributed by atoms with Crippen LogP contribution in [0.25, 0.3) is 11.0 Å². The van der Waals surface area contributed by atoms with Crippen LogP contribution in [0.3, 0.4) is 0 Å². The third kappa shape index (κ3) is 2.10. The number of aryl methyl sites for hydroxylation is 1. The summed E-state index contributed by atoms with van der Waals surface area (Å²) in [4.78, 5) is 4.13. The molecule has 104 valence electrons. The summed E-state index contributed by atoms with van der Waals surface area (Å²) in [6.07, 6.45) is 3.53. The van der Waals surface area contributed by atoms with Crippen molar-refractivity contribution < 1.29 is 8.81 Å². The van der Waals surface area contributed by atoms with Gasteiger partial charge in [0, 0.05) is 12.4 Å². The lowest BCUT2D eigenvalue weighted by atomic mass is 10.1. The Kier molecular flexibility index (Phi) is 3.28. The molecule has 1 atom stereocenters. The topological polar surface area (TPSA) is 43.0 Å². The van der Waals surface area contributed by atoms with Gasteiger partial charge in [0.1, 0.15) is 11.8 Å². The summed E-state index contributed by atoms with van der Waals surface area (Å²) in [7, 11) is 1.93. The lowest BCUT2D eigenvalue weighted by molar-refractivity contribution is 0.454. The van der Waals surface area contributed by atoms with Crippen LogP contribution in [0.2, 0.25) is 0 Å². The van der Waals surface area contributed by atoms with E-state index < -0.39 is 0 Å². The number of fused-ring (bicyclic) bond motifs is 1. The minimum absolute atomic E-state index is 0.140. The van der Waals surface area contributed by atoms with E-state index >= 15 is 0 Å². The van der Waals surface area contributed by atoms with Crippen LogP contribution in [-0.2, 0) is 7.05 Å². The number of aromatic nitrogens is 2. The van der Waals surface area contributed by atoms with E-state index in [9.17, 15) is 4.39 Å². The highest BCUT2D eigenvalue weighted by Gasteiger charge is 2.21. The fraction of sp³-hybridized carbons (Fsp3) is 0.267. The Balaban J connectivity index is 2.10. The van der Waals surface area contributed by atoms with Crippen molar-refractivity contribution in [1.82, 2.24) is 14.9 Å². The van der Waals surface area contributed by atoms with E-state index in [-0.39, 0.29) is 11.9 Å². The highest BCUT2D eigenvalue weighted by Crippen LogP contribution is 2.29. The second-order valence-electron chi connectivity index (χ2n) is 4.73. The summed E-state index contributed by atoms with van der Waals surface area (Å²) in [6, 6.07) is 6.67. The molecule has 1 unspecified atom stereocenters. The van der Waals surface area contributed by atoms with Crippen LogP contribution in [0.15, 0.2) is 41.2 Å². The van der Waals surface area contributed by atoms with Gasteiger partial charge in [-0.15, -0.1) is 0 Å². The van der Waals surface area contributed by atoms with E-state index in [0.29, 0.717) is 11.3 Å². The maximum atomic E-state index is 13.7. The molecule has 0 saturated heterocycles. The number of rotatable bonds is 4. The molecule has 0 aliphatic carbocycles. The Morgan fingerprint density at radius 2 is 2.30 bits per heavy atom. The molecule has 1 aromatic carbocycles. The SMILES string of the molecule is CCNC(c1cc2cccc(F)c2o1)c1cncn1C. The molecule has 0 aliphatic rings. The van der Waals surface area contributed by atoms with Crippen LogP contribution < -0.4 is 5.32 Å². The van der Waals surface area contributed by atoms with Crippen molar-refractivity contribution in [3.05, 3.63) is 54.1 Å². The Bertz CT molecular complexity index is 732. The van der Waals surface area contributed by atoms with Gasteiger partial charge in [0.25, 0.3) is 0 Å². The second kappa shape index (κ2) is 5.09. The normalized spacial score (nSPS) is 12.9. The number of nitrogens with zero attached hydrogens (tertiary/aromatic N) is 2. The first-order chi connectivity index (χ1) is 9.70. The fourth-order valence-corrected chi connectivity index (χ4v) is 2.39. The summed E-state index contributed by atoms with van der Waals surface area (Å²) in [5, 5.41) is 4.11. The molecule has 0 spiro atoms. The van der Waals surface area contributed by atoms with Crippen LogP contribution >= 0.6 is 0 Å². The molecular formula is C15H16FN3O. The number of benzene rings is 1. The van der Waals surface area contributed by atoms with Gasteiger partial charge in [-0.25, -0.2) is 9.37 Å². The summed E-state index contributed by atoms with van der Waals surface area (Å²) in [5.41, 5.74) is 1.28. The maximum Gasteiger partial charge on any atom is 0.169 e. The van der Waals surface area contributed by atoms with Crippen molar-refractivity contribution in [2.75, 3.05) is 6.54 Å². The van der Waals surface area contributed by atoms with Gasteiger partial charge < -0.3 is 14.3 Å². The van der Waals surface area contributed by atoms with E-state index in [1.165, 1.54) is 6.07 Å². The van der Waals surface area contributed by atoms with Crippen LogP contribution in [-0.4, -0.2) is 16.1 Å². The van der Waals surface area contributed by atoms with Gasteiger partial charge in [-0.05, 0) is 18.7 Å². The summed E-state index contributed by atoms with van der Waals surface area (Å²) in [6.45, 7) is 2.79. The van der Waals surface area contributed by atoms with Crippen molar-refractivity contribution in [3.63, 3.8) is 0 Å². The molecule has 0 amide bonds. The van der Waals surface area contributed by atoms with E-state index in [2.05, 4.69) is 10.3 Å². The third-order valence-corrected chi connectivity index (χ3v) is 3.36. The lowest BCUT2D eigenvalue weighted by Gasteiger charge is -2.15. The first-order valence-corrected chi connectivity index (χ1v) is 6.58. The number of imidazole rings is 1. The second-order valence-corrected chi connectivity index (χ2v) is 4.73. The van der Waals surface area contributed by atoms with E-state index in [4.69, 9.17) is 4.42 Å². The van der Waals surface area contributed by atoms with Crippen molar-refractivity contribution in [2.45, 2.75) is 13.0 Å². The Morgan fingerprint density at radius 3 is 2.95 bits per heavy atom. The van der Waals surface area contributed by atoms with Gasteiger partial charge in [-0.2, -0.15) is 0 Å². The average Bonchev–Trinajstić information content (AvgIpc) is 3.03. The molecule has 5 heteroatoms. The first-order valence-electron chi connectivity index (χ1n) is 6.58. The lowest BCUT2D eigenvalue weighted by Crippen LogP contribution is -2.23. The molecule has 0 aliphatic heterocycles. The number of hydrogen-bond donors (Lipinski definition) is 1. The zero-order valence-corrected chi connectivity index (χ0v) is 11.4. The fourth-order valence-electron chi connectivity index (χ4n) is 2.39. The number of para-hydroxylation sites is 1. The maximum absolute atomic E-state index is 13.7. The molecule has 20 heavy (non-hydrogen) atoms. The van der Waals surface area contributed by atoms with E-state index in [1.54, 1.807) is 18.6 Å². The van der Waals surface area contributed by atoms with Gasteiger partial charge in [-0.1, -0.05) is 19.1 Å². The molecule has 0 radical (unpaired) electrons. The molecule has 3 rings (SSSR count). The largest absolute Gasteiger partial charge is 0.456 e. The highest BCUT2D eigenvalue weighted by atomic mass is 19.1. The molecule has 2 heterocycles. The van der Waals surface area contributed by atoms with Crippen molar-refractivity contribution >= 4 is 11.0 Å². The number of halogens is 1. The third-order valence-electron chi connectivity index (χ3n) is 3.36. The first kappa shape index (κ1) is 12.9. The monoisotopic (exact) mass is 273 g/mol. The molecule has 1 N–H and O–H groups in total. The number of furan rings is 1. The molecular weight excluding hydrogens is 257 g/mol. The predicted octanol–water partition coefficient (Wildman–Crippen LogP) is 3.00. The number of nitrogens with one attached hydrogen (secondary N) is 1. The van der Waals surface area contributed by atoms with Crippen LogP contribution in [0.5, 0.6) is 0 Å². The highest BCUT2D eigenvalue weighted by molar-refractivity contribution is 5.78. The average molecular weight is 273 g/mol. The number of hydrogen-bond acceptors (Lipinski definition) is 3. The molecule has 0 saturated carbocycles. The Morgan fingerprint density at radius 1 is 1.45 bits per heavy atom. The minimum Gasteiger partial charge on any atom is -0.456 e. The van der Waals surface area contributed by atoms with E-state index in [0.717, 1.165) is 17.6 Å². The molecule has 2 aromatic heterocycles. The van der Waals surface area contributed by atoms with E-state index in [1.807, 2.05) is 30.7 Å². The van der Waals surface area contributed by atoms with Crippen molar-refractivity contribution in [3.8, 4) is 0 Å².